The molecule has 1 aromatic heterocycles. The van der Waals surface area contributed by atoms with Gasteiger partial charge in [0.05, 0.1) is 7.11 Å². The number of likely N-dealkylation sites (tertiary alicyclic amines) is 1. The van der Waals surface area contributed by atoms with E-state index in [0.717, 1.165) is 35.7 Å². The van der Waals surface area contributed by atoms with Crippen LogP contribution in [0.1, 0.15) is 30.3 Å². The van der Waals surface area contributed by atoms with Gasteiger partial charge in [0.1, 0.15) is 16.5 Å². The molecule has 3 rings (SSSR count). The van der Waals surface area contributed by atoms with Crippen molar-refractivity contribution >= 4 is 17.2 Å². The topological polar surface area (TPSA) is 68.5 Å². The van der Waals surface area contributed by atoms with E-state index < -0.39 is 0 Å². The first-order valence-corrected chi connectivity index (χ1v) is 9.13. The molecule has 1 saturated heterocycles. The second-order valence-electron chi connectivity index (χ2n) is 6.19. The van der Waals surface area contributed by atoms with E-state index in [4.69, 9.17) is 10.5 Å². The Labute approximate surface area is 146 Å². The van der Waals surface area contributed by atoms with Crippen molar-refractivity contribution in [1.29, 1.82) is 0 Å². The van der Waals surface area contributed by atoms with Crippen LogP contribution < -0.4 is 10.5 Å². The molecule has 0 aliphatic carbocycles. The number of ether oxygens (including phenoxy) is 1. The van der Waals surface area contributed by atoms with Crippen LogP contribution in [0.2, 0.25) is 0 Å². The van der Waals surface area contributed by atoms with Crippen LogP contribution in [0.3, 0.4) is 0 Å². The zero-order chi connectivity index (χ0) is 17.1. The number of nitrogens with two attached hydrogens (primary N) is 1. The van der Waals surface area contributed by atoms with Crippen molar-refractivity contribution in [3.63, 3.8) is 0 Å². The Balaban J connectivity index is 1.80. The summed E-state index contributed by atoms with van der Waals surface area (Å²) in [4.78, 5) is 19.3. The summed E-state index contributed by atoms with van der Waals surface area (Å²) in [5.41, 5.74) is 7.40. The summed E-state index contributed by atoms with van der Waals surface area (Å²) in [6.45, 7) is 3.43. The van der Waals surface area contributed by atoms with E-state index in [-0.39, 0.29) is 11.9 Å². The number of piperidine rings is 1. The van der Waals surface area contributed by atoms with Crippen LogP contribution in [0.5, 0.6) is 5.75 Å². The maximum atomic E-state index is 12.9. The number of methoxy groups -OCH3 is 1. The first kappa shape index (κ1) is 16.9. The highest BCUT2D eigenvalue weighted by molar-refractivity contribution is 7.13. The molecule has 128 valence electrons. The lowest BCUT2D eigenvalue weighted by molar-refractivity contribution is 0.0527. The van der Waals surface area contributed by atoms with Gasteiger partial charge in [-0.3, -0.25) is 4.79 Å². The molecule has 6 heteroatoms. The van der Waals surface area contributed by atoms with Gasteiger partial charge in [0.2, 0.25) is 0 Å². The summed E-state index contributed by atoms with van der Waals surface area (Å²) in [6, 6.07) is 7.82. The number of aromatic nitrogens is 1. The van der Waals surface area contributed by atoms with Gasteiger partial charge in [-0.05, 0) is 43.0 Å². The predicted octanol–water partition coefficient (Wildman–Crippen LogP) is 3.02. The second-order valence-corrected chi connectivity index (χ2v) is 7.05. The van der Waals surface area contributed by atoms with E-state index in [1.54, 1.807) is 7.11 Å². The summed E-state index contributed by atoms with van der Waals surface area (Å²) in [5.74, 6) is 1.24. The highest BCUT2D eigenvalue weighted by Gasteiger charge is 2.32. The maximum Gasteiger partial charge on any atom is 0.273 e. The van der Waals surface area contributed by atoms with Gasteiger partial charge in [-0.1, -0.05) is 6.92 Å². The molecule has 0 spiro atoms. The summed E-state index contributed by atoms with van der Waals surface area (Å²) in [5, 5.41) is 2.68. The Morgan fingerprint density at radius 2 is 2.17 bits per heavy atom. The Morgan fingerprint density at radius 3 is 2.83 bits per heavy atom. The molecule has 2 aromatic rings. The molecule has 0 unspecified atom stereocenters. The quantitative estimate of drug-likeness (QED) is 0.925. The molecule has 2 atom stereocenters. The number of benzene rings is 1. The molecule has 2 N–H and O–H groups in total. The molecule has 0 bridgehead atoms. The zero-order valence-electron chi connectivity index (χ0n) is 14.1. The molecular formula is C18H23N3O2S. The third-order valence-electron chi connectivity index (χ3n) is 4.68. The number of amides is 1. The Kier molecular flexibility index (Phi) is 5.16. The van der Waals surface area contributed by atoms with Gasteiger partial charge >= 0.3 is 0 Å². The van der Waals surface area contributed by atoms with Gasteiger partial charge in [-0.2, -0.15) is 0 Å². The van der Waals surface area contributed by atoms with E-state index >= 15 is 0 Å². The fourth-order valence-electron chi connectivity index (χ4n) is 3.25. The Hall–Kier alpha value is -1.92. The van der Waals surface area contributed by atoms with E-state index in [2.05, 4.69) is 11.9 Å². The highest BCUT2D eigenvalue weighted by Crippen LogP contribution is 2.28. The average Bonchev–Trinajstić information content (AvgIpc) is 3.11. The maximum absolute atomic E-state index is 12.9. The SMILES string of the molecule is COc1ccc(-c2nc(C(=O)N3CCC[C@H](C)[C@H]3CN)cs2)cc1. The zero-order valence-corrected chi connectivity index (χ0v) is 14.9. The summed E-state index contributed by atoms with van der Waals surface area (Å²) in [7, 11) is 1.64. The lowest BCUT2D eigenvalue weighted by atomic mass is 9.90. The fraction of sp³-hybridized carbons (Fsp3) is 0.444. The number of thiazole rings is 1. The van der Waals surface area contributed by atoms with Crippen LogP contribution in [0.25, 0.3) is 10.6 Å². The van der Waals surface area contributed by atoms with Gasteiger partial charge in [-0.15, -0.1) is 11.3 Å². The molecule has 1 aromatic carbocycles. The first-order valence-electron chi connectivity index (χ1n) is 8.25. The van der Waals surface area contributed by atoms with E-state index in [1.807, 2.05) is 34.5 Å². The van der Waals surface area contributed by atoms with Crippen molar-refractivity contribution < 1.29 is 9.53 Å². The van der Waals surface area contributed by atoms with E-state index in [9.17, 15) is 4.79 Å². The molecule has 2 heterocycles. The molecule has 1 aliphatic heterocycles. The van der Waals surface area contributed by atoms with Crippen molar-refractivity contribution in [2.24, 2.45) is 11.7 Å². The smallest absolute Gasteiger partial charge is 0.273 e. The van der Waals surface area contributed by atoms with Crippen LogP contribution in [0.15, 0.2) is 29.6 Å². The third-order valence-corrected chi connectivity index (χ3v) is 5.57. The number of carbonyl (C=O) groups is 1. The molecular weight excluding hydrogens is 322 g/mol. The average molecular weight is 345 g/mol. The largest absolute Gasteiger partial charge is 0.497 e. The minimum atomic E-state index is -0.00647. The molecule has 1 fully saturated rings. The number of nitrogens with zero attached hydrogens (tertiary/aromatic N) is 2. The number of carbonyl (C=O) groups excluding carboxylic acids is 1. The van der Waals surface area contributed by atoms with Crippen LogP contribution >= 0.6 is 11.3 Å². The summed E-state index contributed by atoms with van der Waals surface area (Å²) in [6.07, 6.45) is 2.15. The number of hydrogen-bond acceptors (Lipinski definition) is 5. The van der Waals surface area contributed by atoms with Crippen molar-refractivity contribution in [3.05, 3.63) is 35.3 Å². The second kappa shape index (κ2) is 7.32. The van der Waals surface area contributed by atoms with Crippen molar-refractivity contribution in [3.8, 4) is 16.3 Å². The Bertz CT molecular complexity index is 699. The van der Waals surface area contributed by atoms with Gasteiger partial charge in [-0.25, -0.2) is 4.98 Å². The minimum absolute atomic E-state index is 0.00647. The lowest BCUT2D eigenvalue weighted by Gasteiger charge is -2.39. The Morgan fingerprint density at radius 1 is 1.42 bits per heavy atom. The van der Waals surface area contributed by atoms with Gasteiger partial charge in [0.15, 0.2) is 0 Å². The van der Waals surface area contributed by atoms with Crippen molar-refractivity contribution in [1.82, 2.24) is 9.88 Å². The summed E-state index contributed by atoms with van der Waals surface area (Å²) < 4.78 is 5.17. The molecule has 24 heavy (non-hydrogen) atoms. The molecule has 1 aliphatic rings. The third kappa shape index (κ3) is 3.30. The van der Waals surface area contributed by atoms with Crippen LogP contribution in [0.4, 0.5) is 0 Å². The van der Waals surface area contributed by atoms with Gasteiger partial charge in [0, 0.05) is 30.1 Å². The number of rotatable bonds is 4. The summed E-state index contributed by atoms with van der Waals surface area (Å²) >= 11 is 1.49. The fourth-order valence-corrected chi connectivity index (χ4v) is 4.05. The minimum Gasteiger partial charge on any atom is -0.497 e. The van der Waals surface area contributed by atoms with E-state index in [0.29, 0.717) is 18.2 Å². The highest BCUT2D eigenvalue weighted by atomic mass is 32.1. The molecule has 0 radical (unpaired) electrons. The monoisotopic (exact) mass is 345 g/mol. The first-order chi connectivity index (χ1) is 11.6. The normalized spacial score (nSPS) is 20.9. The predicted molar refractivity (Wildman–Crippen MR) is 96.4 cm³/mol. The lowest BCUT2D eigenvalue weighted by Crippen LogP contribution is -2.51. The van der Waals surface area contributed by atoms with Crippen molar-refractivity contribution in [2.45, 2.75) is 25.8 Å². The van der Waals surface area contributed by atoms with E-state index in [1.165, 1.54) is 11.3 Å². The van der Waals surface area contributed by atoms with Gasteiger partial charge < -0.3 is 15.4 Å². The molecule has 0 saturated carbocycles. The number of hydrogen-bond donors (Lipinski definition) is 1. The van der Waals surface area contributed by atoms with Crippen LogP contribution in [-0.4, -0.2) is 42.0 Å². The van der Waals surface area contributed by atoms with Crippen LogP contribution in [-0.2, 0) is 0 Å². The molecule has 1 amide bonds. The standard InChI is InChI=1S/C18H23N3O2S/c1-12-4-3-9-21(16(12)10-19)18(22)15-11-24-17(20-15)13-5-7-14(23-2)8-6-13/h5-8,11-12,16H,3-4,9-10,19H2,1-2H3/t12-,16+/m0/s1. The van der Waals surface area contributed by atoms with Gasteiger partial charge in [0.25, 0.3) is 5.91 Å². The van der Waals surface area contributed by atoms with Crippen LogP contribution in [0, 0.1) is 5.92 Å². The van der Waals surface area contributed by atoms with Crippen molar-refractivity contribution in [2.75, 3.05) is 20.2 Å². The molecule has 5 nitrogen and oxygen atoms in total.